The highest BCUT2D eigenvalue weighted by atomic mass is 127. The van der Waals surface area contributed by atoms with Gasteiger partial charge in [0.1, 0.15) is 0 Å². The van der Waals surface area contributed by atoms with Crippen molar-refractivity contribution in [3.8, 4) is 0 Å². The highest BCUT2D eigenvalue weighted by Gasteiger charge is 2.21. The van der Waals surface area contributed by atoms with Crippen molar-refractivity contribution in [2.75, 3.05) is 53.0 Å². The standard InChI is InChI=1S/C22H36N4O3.HI/c1-3-23-22(26-15-11-20(12-16-26)29-18-8-17-28-2)25-14-7-13-24-21(27)19-9-5-4-6-10-19;/h4-6,9-10,20H,3,7-8,11-18H2,1-2H3,(H,23,25)(H,24,27);1H. The van der Waals surface area contributed by atoms with E-state index in [1.807, 2.05) is 30.3 Å². The fraction of sp³-hybridized carbons (Fsp3) is 0.636. The van der Waals surface area contributed by atoms with Gasteiger partial charge in [0.2, 0.25) is 0 Å². The van der Waals surface area contributed by atoms with Gasteiger partial charge in [-0.2, -0.15) is 0 Å². The molecule has 0 saturated carbocycles. The van der Waals surface area contributed by atoms with E-state index in [0.717, 1.165) is 64.5 Å². The van der Waals surface area contributed by atoms with Crippen LogP contribution in [-0.2, 0) is 9.47 Å². The Morgan fingerprint density at radius 3 is 2.53 bits per heavy atom. The van der Waals surface area contributed by atoms with Gasteiger partial charge in [-0.05, 0) is 44.7 Å². The van der Waals surface area contributed by atoms with E-state index < -0.39 is 0 Å². The zero-order chi connectivity index (χ0) is 20.7. The number of ether oxygens (including phenoxy) is 2. The monoisotopic (exact) mass is 532 g/mol. The molecule has 0 aromatic heterocycles. The van der Waals surface area contributed by atoms with Crippen LogP contribution in [0.1, 0.15) is 43.0 Å². The summed E-state index contributed by atoms with van der Waals surface area (Å²) in [6.07, 6.45) is 4.13. The van der Waals surface area contributed by atoms with Crippen LogP contribution in [-0.4, -0.2) is 75.9 Å². The van der Waals surface area contributed by atoms with Gasteiger partial charge in [-0.15, -0.1) is 24.0 Å². The van der Waals surface area contributed by atoms with Crippen molar-refractivity contribution in [3.05, 3.63) is 35.9 Å². The first kappa shape index (κ1) is 26.6. The second-order valence-corrected chi connectivity index (χ2v) is 7.11. The van der Waals surface area contributed by atoms with Crippen molar-refractivity contribution in [2.24, 2.45) is 4.99 Å². The number of aliphatic imine (C=N–C) groups is 1. The Morgan fingerprint density at radius 2 is 1.87 bits per heavy atom. The molecule has 30 heavy (non-hydrogen) atoms. The molecule has 2 rings (SSSR count). The molecule has 0 radical (unpaired) electrons. The highest BCUT2D eigenvalue weighted by Crippen LogP contribution is 2.14. The molecule has 0 bridgehead atoms. The quantitative estimate of drug-likeness (QED) is 0.199. The van der Waals surface area contributed by atoms with Crippen molar-refractivity contribution in [1.29, 1.82) is 0 Å². The lowest BCUT2D eigenvalue weighted by Gasteiger charge is -2.34. The fourth-order valence-corrected chi connectivity index (χ4v) is 3.27. The molecule has 1 saturated heterocycles. The molecular weight excluding hydrogens is 495 g/mol. The van der Waals surface area contributed by atoms with E-state index >= 15 is 0 Å². The minimum atomic E-state index is -0.0333. The Kier molecular flexibility index (Phi) is 14.5. The topological polar surface area (TPSA) is 75.2 Å². The zero-order valence-electron chi connectivity index (χ0n) is 18.3. The number of nitrogens with one attached hydrogen (secondary N) is 2. The number of benzene rings is 1. The van der Waals surface area contributed by atoms with Crippen molar-refractivity contribution in [3.63, 3.8) is 0 Å². The molecule has 0 atom stereocenters. The summed E-state index contributed by atoms with van der Waals surface area (Å²) in [5, 5.41) is 6.33. The molecule has 0 aliphatic carbocycles. The Balaban J connectivity index is 0.00000450. The summed E-state index contributed by atoms with van der Waals surface area (Å²) in [4.78, 5) is 19.1. The van der Waals surface area contributed by atoms with Gasteiger partial charge in [0.15, 0.2) is 5.96 Å². The Labute approximate surface area is 198 Å². The van der Waals surface area contributed by atoms with Gasteiger partial charge in [0.25, 0.3) is 5.91 Å². The average molecular weight is 532 g/mol. The van der Waals surface area contributed by atoms with Gasteiger partial charge in [-0.1, -0.05) is 18.2 Å². The van der Waals surface area contributed by atoms with E-state index in [4.69, 9.17) is 14.5 Å². The maximum atomic E-state index is 12.0. The fourth-order valence-electron chi connectivity index (χ4n) is 3.27. The number of nitrogens with zero attached hydrogens (tertiary/aromatic N) is 2. The molecule has 2 N–H and O–H groups in total. The van der Waals surface area contributed by atoms with Gasteiger partial charge in [-0.25, -0.2) is 0 Å². The number of hydrogen-bond donors (Lipinski definition) is 2. The summed E-state index contributed by atoms with van der Waals surface area (Å²) in [5.41, 5.74) is 0.691. The Morgan fingerprint density at radius 1 is 1.13 bits per heavy atom. The van der Waals surface area contributed by atoms with Crippen molar-refractivity contribution < 1.29 is 14.3 Å². The average Bonchev–Trinajstić information content (AvgIpc) is 2.77. The third-order valence-corrected chi connectivity index (χ3v) is 4.84. The molecule has 1 amide bonds. The Bertz CT molecular complexity index is 608. The Hall–Kier alpha value is -1.39. The van der Waals surface area contributed by atoms with Gasteiger partial charge < -0.3 is 25.0 Å². The lowest BCUT2D eigenvalue weighted by atomic mass is 10.1. The van der Waals surface area contributed by atoms with Crippen LogP contribution in [0.3, 0.4) is 0 Å². The van der Waals surface area contributed by atoms with Gasteiger partial charge in [0.05, 0.1) is 6.10 Å². The molecule has 1 aliphatic heterocycles. The van der Waals surface area contributed by atoms with Crippen LogP contribution in [0.2, 0.25) is 0 Å². The summed E-state index contributed by atoms with van der Waals surface area (Å²) < 4.78 is 11.0. The van der Waals surface area contributed by atoms with E-state index in [1.54, 1.807) is 7.11 Å². The van der Waals surface area contributed by atoms with Crippen LogP contribution in [0.5, 0.6) is 0 Å². The minimum Gasteiger partial charge on any atom is -0.385 e. The van der Waals surface area contributed by atoms with Crippen molar-refractivity contribution in [1.82, 2.24) is 15.5 Å². The molecule has 8 heteroatoms. The summed E-state index contributed by atoms with van der Waals surface area (Å²) in [5.74, 6) is 0.925. The molecule has 1 aromatic carbocycles. The molecule has 1 fully saturated rings. The number of rotatable bonds is 11. The number of piperidine rings is 1. The second-order valence-electron chi connectivity index (χ2n) is 7.11. The number of halogens is 1. The second kappa shape index (κ2) is 16.3. The van der Waals surface area contributed by atoms with E-state index in [9.17, 15) is 4.79 Å². The van der Waals surface area contributed by atoms with E-state index in [1.165, 1.54) is 0 Å². The van der Waals surface area contributed by atoms with Crippen LogP contribution in [0, 0.1) is 0 Å². The minimum absolute atomic E-state index is 0. The molecule has 0 spiro atoms. The number of likely N-dealkylation sites (tertiary alicyclic amines) is 1. The highest BCUT2D eigenvalue weighted by molar-refractivity contribution is 14.0. The summed E-state index contributed by atoms with van der Waals surface area (Å²) in [6, 6.07) is 9.29. The zero-order valence-corrected chi connectivity index (χ0v) is 20.6. The number of methoxy groups -OCH3 is 1. The van der Waals surface area contributed by atoms with E-state index in [-0.39, 0.29) is 29.9 Å². The van der Waals surface area contributed by atoms with E-state index in [2.05, 4.69) is 22.5 Å². The maximum absolute atomic E-state index is 12.0. The summed E-state index contributed by atoms with van der Waals surface area (Å²) >= 11 is 0. The van der Waals surface area contributed by atoms with Crippen molar-refractivity contribution in [2.45, 2.75) is 38.7 Å². The first-order valence-corrected chi connectivity index (χ1v) is 10.7. The van der Waals surface area contributed by atoms with Crippen LogP contribution < -0.4 is 10.6 Å². The largest absolute Gasteiger partial charge is 0.385 e. The predicted octanol–water partition coefficient (Wildman–Crippen LogP) is 2.91. The van der Waals surface area contributed by atoms with Crippen LogP contribution in [0.15, 0.2) is 35.3 Å². The van der Waals surface area contributed by atoms with Gasteiger partial charge in [0, 0.05) is 58.6 Å². The molecule has 1 aromatic rings. The van der Waals surface area contributed by atoms with Gasteiger partial charge in [-0.3, -0.25) is 9.79 Å². The number of carbonyl (C=O) groups is 1. The lowest BCUT2D eigenvalue weighted by molar-refractivity contribution is 0.00990. The molecule has 7 nitrogen and oxygen atoms in total. The molecule has 0 unspecified atom stereocenters. The van der Waals surface area contributed by atoms with Crippen LogP contribution in [0.25, 0.3) is 0 Å². The number of amides is 1. The van der Waals surface area contributed by atoms with Gasteiger partial charge >= 0.3 is 0 Å². The predicted molar refractivity (Wildman–Crippen MR) is 132 cm³/mol. The summed E-state index contributed by atoms with van der Waals surface area (Å²) in [7, 11) is 1.72. The maximum Gasteiger partial charge on any atom is 0.251 e. The third kappa shape index (κ3) is 10.1. The third-order valence-electron chi connectivity index (χ3n) is 4.84. The molecule has 170 valence electrons. The smallest absolute Gasteiger partial charge is 0.251 e. The molecule has 1 aliphatic rings. The SMILES string of the molecule is CCNC(=NCCCNC(=O)c1ccccc1)N1CCC(OCCCOC)CC1.I. The molecular formula is C22H37IN4O3. The van der Waals surface area contributed by atoms with Crippen LogP contribution in [0.4, 0.5) is 0 Å². The summed E-state index contributed by atoms with van der Waals surface area (Å²) in [6.45, 7) is 7.65. The number of guanidine groups is 1. The lowest BCUT2D eigenvalue weighted by Crippen LogP contribution is -2.47. The first-order chi connectivity index (χ1) is 14.2. The number of hydrogen-bond acceptors (Lipinski definition) is 4. The normalized spacial score (nSPS) is 14.9. The molecule has 1 heterocycles. The number of carbonyl (C=O) groups excluding carboxylic acids is 1. The van der Waals surface area contributed by atoms with E-state index in [0.29, 0.717) is 24.8 Å². The van der Waals surface area contributed by atoms with Crippen LogP contribution >= 0.6 is 24.0 Å². The first-order valence-electron chi connectivity index (χ1n) is 10.7. The van der Waals surface area contributed by atoms with Crippen molar-refractivity contribution >= 4 is 35.8 Å².